The molecule has 5 nitrogen and oxygen atoms in total. The lowest BCUT2D eigenvalue weighted by Gasteiger charge is -2.12. The van der Waals surface area contributed by atoms with E-state index in [1.807, 2.05) is 27.7 Å². The fourth-order valence-electron chi connectivity index (χ4n) is 2.13. The molecule has 1 heterocycles. The van der Waals surface area contributed by atoms with E-state index in [-0.39, 0.29) is 16.9 Å². The largest absolute Gasteiger partial charge is 0.445 e. The summed E-state index contributed by atoms with van der Waals surface area (Å²) in [5.74, 6) is 0.993. The number of halogens is 1. The van der Waals surface area contributed by atoms with Crippen LogP contribution in [-0.2, 0) is 21.9 Å². The summed E-state index contributed by atoms with van der Waals surface area (Å²) in [7, 11) is -3.62. The number of hydrogen-bond acceptors (Lipinski definition) is 4. The Morgan fingerprint density at radius 1 is 1.21 bits per heavy atom. The topological polar surface area (TPSA) is 72.2 Å². The molecule has 0 bridgehead atoms. The summed E-state index contributed by atoms with van der Waals surface area (Å²) in [6, 6.07) is 4.74. The molecule has 24 heavy (non-hydrogen) atoms. The zero-order valence-electron chi connectivity index (χ0n) is 14.4. The molecule has 1 N–H and O–H groups in total. The molecule has 0 saturated heterocycles. The van der Waals surface area contributed by atoms with Crippen molar-refractivity contribution in [3.63, 3.8) is 0 Å². The van der Waals surface area contributed by atoms with Gasteiger partial charge < -0.3 is 4.42 Å². The normalized spacial score (nSPS) is 12.5. The van der Waals surface area contributed by atoms with Crippen molar-refractivity contribution < 1.29 is 17.2 Å². The number of aryl methyl sites for hydroxylation is 2. The SMILES string of the molecule is Cc1nc(C(C)(C)C)oc1CCCNS(=O)(=O)c1ccc(F)cc1. The second kappa shape index (κ2) is 7.03. The van der Waals surface area contributed by atoms with E-state index in [1.54, 1.807) is 0 Å². The second-order valence-electron chi connectivity index (χ2n) is 6.73. The van der Waals surface area contributed by atoms with Crippen molar-refractivity contribution in [1.29, 1.82) is 0 Å². The van der Waals surface area contributed by atoms with Crippen LogP contribution in [-0.4, -0.2) is 19.9 Å². The van der Waals surface area contributed by atoms with E-state index >= 15 is 0 Å². The van der Waals surface area contributed by atoms with E-state index in [4.69, 9.17) is 4.42 Å². The number of hydrogen-bond donors (Lipinski definition) is 1. The first-order chi connectivity index (χ1) is 11.1. The van der Waals surface area contributed by atoms with Gasteiger partial charge in [0.25, 0.3) is 0 Å². The van der Waals surface area contributed by atoms with Gasteiger partial charge in [0.05, 0.1) is 10.6 Å². The first-order valence-electron chi connectivity index (χ1n) is 7.81. The van der Waals surface area contributed by atoms with Crippen LogP contribution in [0.25, 0.3) is 0 Å². The Hall–Kier alpha value is -1.73. The fourth-order valence-corrected chi connectivity index (χ4v) is 3.21. The lowest BCUT2D eigenvalue weighted by molar-refractivity contribution is 0.370. The Morgan fingerprint density at radius 2 is 1.83 bits per heavy atom. The van der Waals surface area contributed by atoms with Gasteiger partial charge in [-0.2, -0.15) is 0 Å². The van der Waals surface area contributed by atoms with Crippen molar-refractivity contribution in [2.24, 2.45) is 0 Å². The maximum absolute atomic E-state index is 12.9. The third-order valence-electron chi connectivity index (χ3n) is 3.53. The molecule has 0 aliphatic rings. The molecule has 0 aliphatic carbocycles. The van der Waals surface area contributed by atoms with Crippen molar-refractivity contribution in [1.82, 2.24) is 9.71 Å². The van der Waals surface area contributed by atoms with Gasteiger partial charge in [0.1, 0.15) is 11.6 Å². The summed E-state index contributed by atoms with van der Waals surface area (Å²) in [5, 5.41) is 0. The van der Waals surface area contributed by atoms with Crippen LogP contribution in [0, 0.1) is 12.7 Å². The van der Waals surface area contributed by atoms with Crippen molar-refractivity contribution in [2.45, 2.75) is 50.8 Å². The first kappa shape index (κ1) is 18.6. The molecule has 0 unspecified atom stereocenters. The van der Waals surface area contributed by atoms with Crippen molar-refractivity contribution in [3.05, 3.63) is 47.4 Å². The van der Waals surface area contributed by atoms with Gasteiger partial charge in [-0.1, -0.05) is 20.8 Å². The van der Waals surface area contributed by atoms with Crippen LogP contribution >= 0.6 is 0 Å². The standard InChI is InChI=1S/C17H23FN2O3S/c1-12-15(23-16(20-12)17(2,3)4)6-5-11-19-24(21,22)14-9-7-13(18)8-10-14/h7-10,19H,5-6,11H2,1-4H3. The second-order valence-corrected chi connectivity index (χ2v) is 8.50. The molecule has 1 aromatic carbocycles. The molecular formula is C17H23FN2O3S. The van der Waals surface area contributed by atoms with Crippen LogP contribution in [0.2, 0.25) is 0 Å². The summed E-state index contributed by atoms with van der Waals surface area (Å²) in [5.41, 5.74) is 0.675. The predicted molar refractivity (Wildman–Crippen MR) is 89.8 cm³/mol. The number of oxazole rings is 1. The molecule has 0 spiro atoms. The van der Waals surface area contributed by atoms with Gasteiger partial charge in [-0.05, 0) is 37.6 Å². The molecule has 0 radical (unpaired) electrons. The smallest absolute Gasteiger partial charge is 0.240 e. The minimum Gasteiger partial charge on any atom is -0.445 e. The van der Waals surface area contributed by atoms with Crippen LogP contribution in [0.15, 0.2) is 33.6 Å². The molecule has 7 heteroatoms. The Balaban J connectivity index is 1.91. The highest BCUT2D eigenvalue weighted by Crippen LogP contribution is 2.24. The number of benzene rings is 1. The fraction of sp³-hybridized carbons (Fsp3) is 0.471. The number of nitrogens with zero attached hydrogens (tertiary/aromatic N) is 1. The highest BCUT2D eigenvalue weighted by atomic mass is 32.2. The highest BCUT2D eigenvalue weighted by Gasteiger charge is 2.22. The Labute approximate surface area is 142 Å². The van der Waals surface area contributed by atoms with Crippen LogP contribution in [0.5, 0.6) is 0 Å². The molecule has 0 aliphatic heterocycles. The molecule has 0 saturated carbocycles. The van der Waals surface area contributed by atoms with Gasteiger partial charge in [0.15, 0.2) is 5.89 Å². The maximum atomic E-state index is 12.9. The monoisotopic (exact) mass is 354 g/mol. The summed E-state index contributed by atoms with van der Waals surface area (Å²) in [6.45, 7) is 8.23. The first-order valence-corrected chi connectivity index (χ1v) is 9.30. The third-order valence-corrected chi connectivity index (χ3v) is 5.01. The summed E-state index contributed by atoms with van der Waals surface area (Å²) >= 11 is 0. The zero-order valence-corrected chi connectivity index (χ0v) is 15.2. The minimum atomic E-state index is -3.62. The summed E-state index contributed by atoms with van der Waals surface area (Å²) in [4.78, 5) is 4.48. The Bertz CT molecular complexity index is 790. The average molecular weight is 354 g/mol. The van der Waals surface area contributed by atoms with Gasteiger partial charge >= 0.3 is 0 Å². The van der Waals surface area contributed by atoms with Crippen LogP contribution in [0.3, 0.4) is 0 Å². The summed E-state index contributed by atoms with van der Waals surface area (Å²) in [6.07, 6.45) is 1.18. The molecule has 1 aromatic heterocycles. The summed E-state index contributed by atoms with van der Waals surface area (Å²) < 4.78 is 45.3. The Morgan fingerprint density at radius 3 is 2.38 bits per heavy atom. The molecular weight excluding hydrogens is 331 g/mol. The van der Waals surface area contributed by atoms with Gasteiger partial charge in [0.2, 0.25) is 10.0 Å². The van der Waals surface area contributed by atoms with Gasteiger partial charge in [-0.15, -0.1) is 0 Å². The number of aromatic nitrogens is 1. The molecule has 0 atom stereocenters. The highest BCUT2D eigenvalue weighted by molar-refractivity contribution is 7.89. The van der Waals surface area contributed by atoms with E-state index in [2.05, 4.69) is 9.71 Å². The van der Waals surface area contributed by atoms with Crippen LogP contribution in [0.4, 0.5) is 4.39 Å². The lowest BCUT2D eigenvalue weighted by Crippen LogP contribution is -2.25. The van der Waals surface area contributed by atoms with Crippen molar-refractivity contribution in [2.75, 3.05) is 6.54 Å². The zero-order chi connectivity index (χ0) is 18.0. The number of rotatable bonds is 6. The molecule has 0 fully saturated rings. The molecule has 0 amide bonds. The van der Waals surface area contributed by atoms with Gasteiger partial charge in [0, 0.05) is 18.4 Å². The average Bonchev–Trinajstić information content (AvgIpc) is 2.85. The van der Waals surface area contributed by atoms with E-state index in [0.717, 1.165) is 23.6 Å². The van der Waals surface area contributed by atoms with Gasteiger partial charge in [-0.3, -0.25) is 0 Å². The van der Waals surface area contributed by atoms with Crippen LogP contribution in [0.1, 0.15) is 44.5 Å². The van der Waals surface area contributed by atoms with Crippen molar-refractivity contribution >= 4 is 10.0 Å². The van der Waals surface area contributed by atoms with E-state index in [1.165, 1.54) is 12.1 Å². The van der Waals surface area contributed by atoms with E-state index in [9.17, 15) is 12.8 Å². The lowest BCUT2D eigenvalue weighted by atomic mass is 9.97. The molecule has 132 valence electrons. The maximum Gasteiger partial charge on any atom is 0.240 e. The van der Waals surface area contributed by atoms with Crippen molar-refractivity contribution in [3.8, 4) is 0 Å². The minimum absolute atomic E-state index is 0.0507. The quantitative estimate of drug-likeness (QED) is 0.808. The molecule has 2 rings (SSSR count). The van der Waals surface area contributed by atoms with E-state index in [0.29, 0.717) is 18.7 Å². The third kappa shape index (κ3) is 4.64. The number of sulfonamides is 1. The Kier molecular flexibility index (Phi) is 5.45. The predicted octanol–water partition coefficient (Wildman–Crippen LogP) is 3.33. The molecule has 2 aromatic rings. The van der Waals surface area contributed by atoms with Gasteiger partial charge in [-0.25, -0.2) is 22.5 Å². The van der Waals surface area contributed by atoms with Crippen LogP contribution < -0.4 is 4.72 Å². The number of nitrogens with one attached hydrogen (secondary N) is 1. The van der Waals surface area contributed by atoms with E-state index < -0.39 is 15.8 Å².